The minimum absolute atomic E-state index is 0. The van der Waals surface area contributed by atoms with E-state index in [4.69, 9.17) is 4.74 Å². The molecule has 1 radical (unpaired) electrons. The van der Waals surface area contributed by atoms with E-state index in [1.807, 2.05) is 6.92 Å². The summed E-state index contributed by atoms with van der Waals surface area (Å²) in [7, 11) is 0. The van der Waals surface area contributed by atoms with Crippen LogP contribution in [0.4, 0.5) is 0 Å². The molecule has 0 saturated heterocycles. The largest absolute Gasteiger partial charge is 0.462 e. The number of aryl methyl sites for hydroxylation is 1. The van der Waals surface area contributed by atoms with Crippen LogP contribution >= 0.6 is 0 Å². The van der Waals surface area contributed by atoms with Gasteiger partial charge in [0.1, 0.15) is 11.2 Å². The molecule has 0 aromatic carbocycles. The van der Waals surface area contributed by atoms with Gasteiger partial charge in [-0.25, -0.2) is 11.7 Å². The zero-order valence-electron chi connectivity index (χ0n) is 11.4. The van der Waals surface area contributed by atoms with E-state index in [-0.39, 0.29) is 44.9 Å². The van der Waals surface area contributed by atoms with E-state index in [1.54, 1.807) is 11.5 Å². The molecule has 0 saturated carbocycles. The average Bonchev–Trinajstić information content (AvgIpc) is 2.40. The third kappa shape index (κ3) is 3.07. The summed E-state index contributed by atoms with van der Waals surface area (Å²) in [5.74, 6) is -0.626. The van der Waals surface area contributed by atoms with E-state index in [2.05, 4.69) is 17.1 Å². The van der Waals surface area contributed by atoms with Crippen LogP contribution in [0.25, 0.3) is 11.0 Å². The van der Waals surface area contributed by atoms with Crippen LogP contribution in [0, 0.1) is 6.92 Å². The predicted octanol–water partition coefficient (Wildman–Crippen LogP) is 1.17. The normalized spacial score (nSPS) is 10.1. The van der Waals surface area contributed by atoms with Crippen LogP contribution in [-0.4, -0.2) is 27.3 Å². The molecule has 0 spiro atoms. The standard InChI is InChI=1S/C13H14N3O3.Y/c1-4-16-7-10(13(18)19-5-2)11(17)9-6-8(3)14-15-12(9)16;/h6-7H,3-5H2,1-2H3;/q-1;. The SMILES string of the molecule is [CH2-]c1cc2c(=O)c(C(=O)OCC)cn(CC)c2nn1.[Y]. The molecule has 2 rings (SSSR count). The Bertz CT molecular complexity index is 697. The first kappa shape index (κ1) is 16.8. The molecule has 0 unspecified atom stereocenters. The van der Waals surface area contributed by atoms with Gasteiger partial charge in [-0.2, -0.15) is 11.2 Å². The summed E-state index contributed by atoms with van der Waals surface area (Å²) in [6.07, 6.45) is 1.46. The van der Waals surface area contributed by atoms with Crippen molar-refractivity contribution < 1.29 is 42.2 Å². The molecule has 0 atom stereocenters. The van der Waals surface area contributed by atoms with Crippen LogP contribution in [0.15, 0.2) is 17.1 Å². The summed E-state index contributed by atoms with van der Waals surface area (Å²) >= 11 is 0. The molecule has 0 N–H and O–H groups in total. The zero-order chi connectivity index (χ0) is 14.0. The molecule has 0 bridgehead atoms. The van der Waals surface area contributed by atoms with E-state index in [0.29, 0.717) is 23.3 Å². The smallest absolute Gasteiger partial charge is 0.343 e. The third-order valence-electron chi connectivity index (χ3n) is 2.71. The van der Waals surface area contributed by atoms with Gasteiger partial charge in [-0.15, -0.1) is 5.10 Å². The Balaban J connectivity index is 0.00000200. The van der Waals surface area contributed by atoms with E-state index in [0.717, 1.165) is 0 Å². The minimum atomic E-state index is -0.626. The third-order valence-corrected chi connectivity index (χ3v) is 2.71. The number of esters is 1. The quantitative estimate of drug-likeness (QED) is 0.614. The number of nitrogens with zero attached hydrogens (tertiary/aromatic N) is 3. The molecule has 2 aromatic rings. The number of ether oxygens (including phenoxy) is 1. The maximum atomic E-state index is 12.3. The Labute approximate surface area is 141 Å². The van der Waals surface area contributed by atoms with Crippen molar-refractivity contribution in [3.05, 3.63) is 40.7 Å². The summed E-state index contributed by atoms with van der Waals surface area (Å²) in [5.41, 5.74) is 0.419. The first-order valence-corrected chi connectivity index (χ1v) is 5.98. The number of carbonyl (C=O) groups is 1. The van der Waals surface area contributed by atoms with Crippen LogP contribution in [0.3, 0.4) is 0 Å². The van der Waals surface area contributed by atoms with Gasteiger partial charge in [0.2, 0.25) is 0 Å². The van der Waals surface area contributed by atoms with Crippen molar-refractivity contribution >= 4 is 17.0 Å². The van der Waals surface area contributed by atoms with Gasteiger partial charge in [-0.3, -0.25) is 4.79 Å². The van der Waals surface area contributed by atoms with Gasteiger partial charge < -0.3 is 9.30 Å². The molecule has 0 aliphatic carbocycles. The molecule has 2 heterocycles. The number of fused-ring (bicyclic) bond motifs is 1. The summed E-state index contributed by atoms with van der Waals surface area (Å²) in [6.45, 7) is 8.00. The van der Waals surface area contributed by atoms with Crippen molar-refractivity contribution in [2.75, 3.05) is 6.61 Å². The second-order valence-electron chi connectivity index (χ2n) is 3.95. The molecule has 6 nitrogen and oxygen atoms in total. The molecule has 20 heavy (non-hydrogen) atoms. The maximum Gasteiger partial charge on any atom is 0.343 e. The Morgan fingerprint density at radius 2 is 2.10 bits per heavy atom. The van der Waals surface area contributed by atoms with Gasteiger partial charge in [0.15, 0.2) is 5.43 Å². The second kappa shape index (κ2) is 6.95. The molecular formula is C13H14N3O3Y-. The van der Waals surface area contributed by atoms with Gasteiger partial charge in [-0.1, -0.05) is 5.69 Å². The summed E-state index contributed by atoms with van der Waals surface area (Å²) < 4.78 is 6.57. The monoisotopic (exact) mass is 349 g/mol. The van der Waals surface area contributed by atoms with Crippen molar-refractivity contribution in [3.8, 4) is 0 Å². The molecule has 0 aliphatic rings. The van der Waals surface area contributed by atoms with Gasteiger partial charge in [0.05, 0.1) is 6.61 Å². The van der Waals surface area contributed by atoms with Gasteiger partial charge >= 0.3 is 5.97 Å². The fraction of sp³-hybridized carbons (Fsp3) is 0.308. The fourth-order valence-corrected chi connectivity index (χ4v) is 1.82. The Hall–Kier alpha value is -1.27. The van der Waals surface area contributed by atoms with Gasteiger partial charge in [0.25, 0.3) is 0 Å². The second-order valence-corrected chi connectivity index (χ2v) is 3.95. The minimum Gasteiger partial charge on any atom is -0.462 e. The summed E-state index contributed by atoms with van der Waals surface area (Å²) in [4.78, 5) is 24.0. The van der Waals surface area contributed by atoms with Crippen molar-refractivity contribution in [2.24, 2.45) is 0 Å². The molecule has 0 fully saturated rings. The number of carbonyl (C=O) groups excluding carboxylic acids is 1. The average molecular weight is 349 g/mol. The molecule has 2 aromatic heterocycles. The molecule has 0 amide bonds. The molecular weight excluding hydrogens is 335 g/mol. The Morgan fingerprint density at radius 3 is 2.70 bits per heavy atom. The summed E-state index contributed by atoms with van der Waals surface area (Å²) in [6, 6.07) is 1.53. The van der Waals surface area contributed by atoms with Gasteiger partial charge in [0, 0.05) is 45.5 Å². The van der Waals surface area contributed by atoms with E-state index in [9.17, 15) is 9.59 Å². The van der Waals surface area contributed by atoms with Crippen LogP contribution in [0.2, 0.25) is 0 Å². The number of rotatable bonds is 3. The Morgan fingerprint density at radius 1 is 1.40 bits per heavy atom. The van der Waals surface area contributed by atoms with Crippen molar-refractivity contribution in [1.82, 2.24) is 14.8 Å². The number of aromatic nitrogens is 3. The van der Waals surface area contributed by atoms with Crippen molar-refractivity contribution in [2.45, 2.75) is 20.4 Å². The van der Waals surface area contributed by atoms with E-state index in [1.165, 1.54) is 12.3 Å². The first-order valence-electron chi connectivity index (χ1n) is 5.98. The molecule has 7 heteroatoms. The van der Waals surface area contributed by atoms with Crippen LogP contribution in [0.1, 0.15) is 29.9 Å². The fourth-order valence-electron chi connectivity index (χ4n) is 1.82. The van der Waals surface area contributed by atoms with Crippen LogP contribution in [0.5, 0.6) is 0 Å². The van der Waals surface area contributed by atoms with Crippen LogP contribution in [-0.2, 0) is 44.0 Å². The number of hydrogen-bond acceptors (Lipinski definition) is 5. The topological polar surface area (TPSA) is 74.1 Å². The predicted molar refractivity (Wildman–Crippen MR) is 69.9 cm³/mol. The maximum absolute atomic E-state index is 12.3. The van der Waals surface area contributed by atoms with Crippen LogP contribution < -0.4 is 5.43 Å². The molecule has 0 aliphatic heterocycles. The van der Waals surface area contributed by atoms with Crippen molar-refractivity contribution in [3.63, 3.8) is 0 Å². The number of hydrogen-bond donors (Lipinski definition) is 0. The first-order chi connectivity index (χ1) is 9.08. The van der Waals surface area contributed by atoms with E-state index < -0.39 is 11.4 Å². The summed E-state index contributed by atoms with van der Waals surface area (Å²) in [5, 5.41) is 8.11. The Kier molecular flexibility index (Phi) is 5.83. The van der Waals surface area contributed by atoms with Gasteiger partial charge in [-0.05, 0) is 19.2 Å². The number of pyridine rings is 1. The zero-order valence-corrected chi connectivity index (χ0v) is 14.3. The van der Waals surface area contributed by atoms with E-state index >= 15 is 0 Å². The van der Waals surface area contributed by atoms with Crippen molar-refractivity contribution in [1.29, 1.82) is 0 Å². The molecule has 103 valence electrons.